The molecule has 3 aromatic carbocycles. The molecule has 0 radical (unpaired) electrons. The van der Waals surface area contributed by atoms with Crippen LogP contribution in [0.5, 0.6) is 11.5 Å². The quantitative estimate of drug-likeness (QED) is 0.179. The molecular weight excluding hydrogens is 496 g/mol. The Morgan fingerprint density at radius 3 is 2.54 bits per heavy atom. The van der Waals surface area contributed by atoms with E-state index in [1.165, 1.54) is 4.90 Å². The van der Waals surface area contributed by atoms with Crippen molar-refractivity contribution in [1.29, 1.82) is 0 Å². The van der Waals surface area contributed by atoms with Crippen molar-refractivity contribution in [3.8, 4) is 11.5 Å². The lowest BCUT2D eigenvalue weighted by molar-refractivity contribution is -0.107. The summed E-state index contributed by atoms with van der Waals surface area (Å²) < 4.78 is 17.9. The van der Waals surface area contributed by atoms with Gasteiger partial charge in [0.05, 0.1) is 23.3 Å². The molecule has 0 spiro atoms. The Hall–Kier alpha value is -5.31. The zero-order valence-corrected chi connectivity index (χ0v) is 20.9. The third kappa shape index (κ3) is 5.99. The minimum absolute atomic E-state index is 0.184. The number of pyridine rings is 1. The van der Waals surface area contributed by atoms with E-state index in [2.05, 4.69) is 10.3 Å². The summed E-state index contributed by atoms with van der Waals surface area (Å²) in [5, 5.41) is 3.55. The highest BCUT2D eigenvalue weighted by Gasteiger charge is 2.21. The van der Waals surface area contributed by atoms with E-state index in [0.717, 1.165) is 10.9 Å². The number of anilines is 3. The first-order valence-corrected chi connectivity index (χ1v) is 12.3. The highest BCUT2D eigenvalue weighted by Crippen LogP contribution is 2.39. The van der Waals surface area contributed by atoms with E-state index in [-0.39, 0.29) is 25.7 Å². The summed E-state index contributed by atoms with van der Waals surface area (Å²) in [6.45, 7) is 0.663. The smallest absolute Gasteiger partial charge is 0.255 e. The van der Waals surface area contributed by atoms with Crippen LogP contribution in [0.4, 0.5) is 17.3 Å². The van der Waals surface area contributed by atoms with Crippen molar-refractivity contribution in [2.45, 2.75) is 6.61 Å². The molecule has 0 atom stereocenters. The predicted molar refractivity (Wildman–Crippen MR) is 149 cm³/mol. The van der Waals surface area contributed by atoms with Crippen LogP contribution in [0.15, 0.2) is 102 Å². The molecule has 39 heavy (non-hydrogen) atoms. The van der Waals surface area contributed by atoms with Gasteiger partial charge in [-0.25, -0.2) is 0 Å². The number of fused-ring (bicyclic) bond motifs is 1. The zero-order chi connectivity index (χ0) is 27.0. The maximum atomic E-state index is 12.5. The maximum Gasteiger partial charge on any atom is 0.255 e. The summed E-state index contributed by atoms with van der Waals surface area (Å²) in [5.74, 6) is 1.03. The van der Waals surface area contributed by atoms with Crippen LogP contribution >= 0.6 is 0 Å². The van der Waals surface area contributed by atoms with Crippen LogP contribution in [0.3, 0.4) is 0 Å². The van der Waals surface area contributed by atoms with Gasteiger partial charge in [0.1, 0.15) is 24.5 Å². The first kappa shape index (κ1) is 25.3. The van der Waals surface area contributed by atoms with Gasteiger partial charge in [0, 0.05) is 23.5 Å². The van der Waals surface area contributed by atoms with Gasteiger partial charge in [-0.05, 0) is 54.6 Å². The number of hydrogen-bond acceptors (Lipinski definition) is 7. The average Bonchev–Trinajstić information content (AvgIpc) is 3.34. The molecule has 2 amide bonds. The van der Waals surface area contributed by atoms with Crippen molar-refractivity contribution < 1.29 is 23.5 Å². The molecular formula is C30H26N4O5. The Balaban J connectivity index is 1.23. The molecule has 0 aliphatic carbocycles. The van der Waals surface area contributed by atoms with Crippen LogP contribution in [0.25, 0.3) is 11.0 Å². The second-order valence-corrected chi connectivity index (χ2v) is 8.60. The Labute approximate surface area is 224 Å². The van der Waals surface area contributed by atoms with E-state index in [1.807, 2.05) is 36.4 Å². The highest BCUT2D eigenvalue weighted by molar-refractivity contribution is 6.05. The molecule has 3 N–H and O–H groups in total. The molecule has 0 unspecified atom stereocenters. The molecule has 9 heteroatoms. The van der Waals surface area contributed by atoms with Crippen LogP contribution < -0.4 is 25.4 Å². The number of furan rings is 1. The zero-order valence-electron chi connectivity index (χ0n) is 20.9. The Bertz CT molecular complexity index is 1570. The Morgan fingerprint density at radius 1 is 0.974 bits per heavy atom. The second kappa shape index (κ2) is 11.8. The standard InChI is InChI=1S/C30H26N4O5/c31-25-8-2-3-9-26(25)33-29(36)22-11-13-23(14-12-22)37-17-16-34(20-35)30-28(24-7-1-4-10-27(24)39-30)38-19-21-6-5-15-32-18-21/h1-15,18,20H,16-17,19,31H2,(H,33,36). The van der Waals surface area contributed by atoms with E-state index in [1.54, 1.807) is 60.9 Å². The number of carbonyl (C=O) groups is 2. The van der Waals surface area contributed by atoms with Gasteiger partial charge in [-0.3, -0.25) is 19.5 Å². The number of nitrogens with one attached hydrogen (secondary N) is 1. The highest BCUT2D eigenvalue weighted by atomic mass is 16.5. The normalized spacial score (nSPS) is 10.7. The molecule has 0 aliphatic heterocycles. The van der Waals surface area contributed by atoms with Crippen molar-refractivity contribution in [2.75, 3.05) is 29.1 Å². The van der Waals surface area contributed by atoms with Gasteiger partial charge in [0.15, 0.2) is 5.75 Å². The number of hydrogen-bond donors (Lipinski definition) is 2. The van der Waals surface area contributed by atoms with Crippen LogP contribution in [0.2, 0.25) is 0 Å². The van der Waals surface area contributed by atoms with Crippen molar-refractivity contribution in [2.24, 2.45) is 0 Å². The number of aromatic nitrogens is 1. The van der Waals surface area contributed by atoms with Gasteiger partial charge in [-0.15, -0.1) is 0 Å². The van der Waals surface area contributed by atoms with Crippen LogP contribution in [-0.4, -0.2) is 30.5 Å². The third-order valence-electron chi connectivity index (χ3n) is 5.95. The van der Waals surface area contributed by atoms with Crippen LogP contribution in [0.1, 0.15) is 15.9 Å². The van der Waals surface area contributed by atoms with E-state index in [4.69, 9.17) is 19.6 Å². The number of carbonyl (C=O) groups excluding carboxylic acids is 2. The number of benzene rings is 3. The van der Waals surface area contributed by atoms with Gasteiger partial charge in [0.25, 0.3) is 5.91 Å². The Morgan fingerprint density at radius 2 is 1.77 bits per heavy atom. The Kier molecular flexibility index (Phi) is 7.68. The van der Waals surface area contributed by atoms with E-state index in [0.29, 0.717) is 46.3 Å². The summed E-state index contributed by atoms with van der Waals surface area (Å²) in [6.07, 6.45) is 4.10. The van der Waals surface area contributed by atoms with Crippen molar-refractivity contribution >= 4 is 40.5 Å². The van der Waals surface area contributed by atoms with Gasteiger partial charge in [-0.1, -0.05) is 30.3 Å². The minimum atomic E-state index is -0.282. The molecule has 9 nitrogen and oxygen atoms in total. The number of rotatable bonds is 11. The molecule has 5 aromatic rings. The number of para-hydroxylation sites is 3. The lowest BCUT2D eigenvalue weighted by Crippen LogP contribution is -2.26. The molecule has 2 aromatic heterocycles. The largest absolute Gasteiger partial charge is 0.492 e. The summed E-state index contributed by atoms with van der Waals surface area (Å²) in [7, 11) is 0. The lowest BCUT2D eigenvalue weighted by atomic mass is 10.2. The van der Waals surface area contributed by atoms with Crippen molar-refractivity contribution in [3.05, 3.63) is 108 Å². The minimum Gasteiger partial charge on any atom is -0.492 e. The van der Waals surface area contributed by atoms with Gasteiger partial charge in [-0.2, -0.15) is 0 Å². The van der Waals surface area contributed by atoms with Crippen molar-refractivity contribution in [1.82, 2.24) is 4.98 Å². The fourth-order valence-electron chi connectivity index (χ4n) is 3.95. The third-order valence-corrected chi connectivity index (χ3v) is 5.95. The summed E-state index contributed by atoms with van der Waals surface area (Å²) in [4.78, 5) is 30.1. The van der Waals surface area contributed by atoms with E-state index < -0.39 is 0 Å². The first-order valence-electron chi connectivity index (χ1n) is 12.3. The number of nitrogens with two attached hydrogens (primary N) is 1. The molecule has 0 aliphatic rings. The maximum absolute atomic E-state index is 12.5. The SMILES string of the molecule is Nc1ccccc1NC(=O)c1ccc(OCCN(C=O)c2oc3ccccc3c2OCc2cccnc2)cc1. The van der Waals surface area contributed by atoms with E-state index in [9.17, 15) is 9.59 Å². The average molecular weight is 523 g/mol. The number of nitrogen functional groups attached to an aromatic ring is 1. The van der Waals surface area contributed by atoms with Crippen LogP contribution in [0, 0.1) is 0 Å². The molecule has 0 fully saturated rings. The molecule has 5 rings (SSSR count). The summed E-state index contributed by atoms with van der Waals surface area (Å²) in [5.41, 5.74) is 8.88. The molecule has 2 heterocycles. The summed E-state index contributed by atoms with van der Waals surface area (Å²) >= 11 is 0. The second-order valence-electron chi connectivity index (χ2n) is 8.60. The molecule has 0 saturated carbocycles. The van der Waals surface area contributed by atoms with Gasteiger partial charge >= 0.3 is 0 Å². The lowest BCUT2D eigenvalue weighted by Gasteiger charge is -2.17. The van der Waals surface area contributed by atoms with Crippen LogP contribution in [-0.2, 0) is 11.4 Å². The van der Waals surface area contributed by atoms with Gasteiger partial charge < -0.3 is 24.9 Å². The topological polar surface area (TPSA) is 120 Å². The monoisotopic (exact) mass is 522 g/mol. The fourth-order valence-corrected chi connectivity index (χ4v) is 3.95. The van der Waals surface area contributed by atoms with E-state index >= 15 is 0 Å². The molecule has 196 valence electrons. The first-order chi connectivity index (χ1) is 19.1. The van der Waals surface area contributed by atoms with Crippen molar-refractivity contribution in [3.63, 3.8) is 0 Å². The molecule has 0 bridgehead atoms. The number of amides is 2. The predicted octanol–water partition coefficient (Wildman–Crippen LogP) is 5.28. The van der Waals surface area contributed by atoms with Gasteiger partial charge in [0.2, 0.25) is 12.3 Å². The fraction of sp³-hybridized carbons (Fsp3) is 0.100. The number of nitrogens with zero attached hydrogens (tertiary/aromatic N) is 2. The number of ether oxygens (including phenoxy) is 2. The summed E-state index contributed by atoms with van der Waals surface area (Å²) in [6, 6.07) is 24.9. The molecule has 0 saturated heterocycles.